The van der Waals surface area contributed by atoms with Gasteiger partial charge in [0, 0.05) is 18.6 Å². The SMILES string of the molecule is CCOc1ccc(N(CC(=O)N(Cc2ccc(Cl)cc2)[C@@H](CC)C(=O)NC)S(C)(=O)=O)cc1. The maximum atomic E-state index is 13.4. The first kappa shape index (κ1) is 26.5. The number of benzene rings is 2. The molecule has 2 amide bonds. The minimum Gasteiger partial charge on any atom is -0.494 e. The standard InChI is InChI=1S/C23H30ClN3O5S/c1-5-21(23(29)25-3)26(15-17-7-9-18(24)10-8-17)22(28)16-27(33(4,30)31)19-11-13-20(14-12-19)32-6-2/h7-14,21H,5-6,15-16H2,1-4H3,(H,25,29)/t21-/m0/s1. The molecule has 0 fully saturated rings. The zero-order valence-corrected chi connectivity index (χ0v) is 20.8. The summed E-state index contributed by atoms with van der Waals surface area (Å²) in [7, 11) is -2.28. The highest BCUT2D eigenvalue weighted by atomic mass is 35.5. The Hall–Kier alpha value is -2.78. The number of sulfonamides is 1. The Bertz CT molecular complexity index is 1040. The Morgan fingerprint density at radius 1 is 1.06 bits per heavy atom. The summed E-state index contributed by atoms with van der Waals surface area (Å²) in [4.78, 5) is 27.3. The van der Waals surface area contributed by atoms with Crippen molar-refractivity contribution in [2.75, 3.05) is 30.8 Å². The fraction of sp³-hybridized carbons (Fsp3) is 0.391. The molecule has 1 N–H and O–H groups in total. The van der Waals surface area contributed by atoms with Crippen LogP contribution in [0.3, 0.4) is 0 Å². The average Bonchev–Trinajstić information content (AvgIpc) is 2.78. The molecule has 0 saturated carbocycles. The fourth-order valence-corrected chi connectivity index (χ4v) is 4.34. The minimum absolute atomic E-state index is 0.128. The van der Waals surface area contributed by atoms with E-state index in [0.717, 1.165) is 16.1 Å². The molecular weight excluding hydrogens is 466 g/mol. The molecule has 2 rings (SSSR count). The van der Waals surface area contributed by atoms with Gasteiger partial charge < -0.3 is 15.0 Å². The number of anilines is 1. The summed E-state index contributed by atoms with van der Waals surface area (Å²) in [6.07, 6.45) is 1.40. The van der Waals surface area contributed by atoms with Crippen LogP contribution in [-0.4, -0.2) is 57.6 Å². The van der Waals surface area contributed by atoms with Crippen molar-refractivity contribution in [1.82, 2.24) is 10.2 Å². The van der Waals surface area contributed by atoms with Crippen molar-refractivity contribution < 1.29 is 22.7 Å². The number of carbonyl (C=O) groups excluding carboxylic acids is 2. The molecule has 33 heavy (non-hydrogen) atoms. The lowest BCUT2D eigenvalue weighted by Gasteiger charge is -2.32. The van der Waals surface area contributed by atoms with Gasteiger partial charge in [-0.3, -0.25) is 13.9 Å². The van der Waals surface area contributed by atoms with Crippen molar-refractivity contribution in [1.29, 1.82) is 0 Å². The van der Waals surface area contributed by atoms with Crippen molar-refractivity contribution in [3.63, 3.8) is 0 Å². The molecule has 0 heterocycles. The molecule has 0 spiro atoms. The summed E-state index contributed by atoms with van der Waals surface area (Å²) in [5.41, 5.74) is 1.09. The second-order valence-electron chi connectivity index (χ2n) is 7.38. The van der Waals surface area contributed by atoms with Gasteiger partial charge in [0.2, 0.25) is 21.8 Å². The summed E-state index contributed by atoms with van der Waals surface area (Å²) in [5, 5.41) is 3.13. The van der Waals surface area contributed by atoms with Crippen LogP contribution in [0.1, 0.15) is 25.8 Å². The van der Waals surface area contributed by atoms with Crippen molar-refractivity contribution in [2.45, 2.75) is 32.9 Å². The van der Waals surface area contributed by atoms with E-state index < -0.39 is 28.5 Å². The number of nitrogens with zero attached hydrogens (tertiary/aromatic N) is 2. The zero-order valence-electron chi connectivity index (χ0n) is 19.2. The maximum Gasteiger partial charge on any atom is 0.244 e. The molecule has 180 valence electrons. The van der Waals surface area contributed by atoms with Crippen LogP contribution in [0.4, 0.5) is 5.69 Å². The highest BCUT2D eigenvalue weighted by molar-refractivity contribution is 7.92. The summed E-state index contributed by atoms with van der Waals surface area (Å²) in [6, 6.07) is 12.6. The van der Waals surface area contributed by atoms with Crippen LogP contribution in [0, 0.1) is 0 Å². The highest BCUT2D eigenvalue weighted by Crippen LogP contribution is 2.23. The molecule has 10 heteroatoms. The fourth-order valence-electron chi connectivity index (χ4n) is 3.36. The number of likely N-dealkylation sites (N-methyl/N-ethyl adjacent to an activating group) is 1. The van der Waals surface area contributed by atoms with E-state index in [4.69, 9.17) is 16.3 Å². The molecular formula is C23H30ClN3O5S. The first-order valence-corrected chi connectivity index (χ1v) is 12.8. The molecule has 0 aliphatic carbocycles. The van der Waals surface area contributed by atoms with Gasteiger partial charge in [0.05, 0.1) is 18.6 Å². The third-order valence-electron chi connectivity index (χ3n) is 5.01. The van der Waals surface area contributed by atoms with E-state index in [0.29, 0.717) is 29.5 Å². The molecule has 8 nitrogen and oxygen atoms in total. The second-order valence-corrected chi connectivity index (χ2v) is 9.73. The van der Waals surface area contributed by atoms with Gasteiger partial charge in [0.15, 0.2) is 0 Å². The van der Waals surface area contributed by atoms with Gasteiger partial charge in [0.1, 0.15) is 18.3 Å². The minimum atomic E-state index is -3.78. The van der Waals surface area contributed by atoms with Crippen LogP contribution >= 0.6 is 11.6 Å². The van der Waals surface area contributed by atoms with Gasteiger partial charge >= 0.3 is 0 Å². The molecule has 0 saturated heterocycles. The number of rotatable bonds is 11. The van der Waals surface area contributed by atoms with E-state index in [-0.39, 0.29) is 12.5 Å². The first-order valence-electron chi connectivity index (χ1n) is 10.6. The number of halogens is 1. The lowest BCUT2D eigenvalue weighted by molar-refractivity contribution is -0.140. The monoisotopic (exact) mass is 495 g/mol. The Balaban J connectivity index is 2.38. The Kier molecular flexibility index (Phi) is 9.55. The Morgan fingerprint density at radius 3 is 2.15 bits per heavy atom. The number of carbonyl (C=O) groups is 2. The van der Waals surface area contributed by atoms with Gasteiger partial charge in [0.25, 0.3) is 0 Å². The smallest absolute Gasteiger partial charge is 0.244 e. The predicted molar refractivity (Wildman–Crippen MR) is 130 cm³/mol. The zero-order chi connectivity index (χ0) is 24.6. The van der Waals surface area contributed by atoms with E-state index in [9.17, 15) is 18.0 Å². The van der Waals surface area contributed by atoms with Crippen LogP contribution in [0.2, 0.25) is 5.02 Å². The summed E-state index contributed by atoms with van der Waals surface area (Å²) < 4.78 is 31.5. The molecule has 1 atom stereocenters. The quantitative estimate of drug-likeness (QED) is 0.517. The van der Waals surface area contributed by atoms with E-state index >= 15 is 0 Å². The predicted octanol–water partition coefficient (Wildman–Crippen LogP) is 3.06. The van der Waals surface area contributed by atoms with Crippen LogP contribution in [0.25, 0.3) is 0 Å². The van der Waals surface area contributed by atoms with Crippen molar-refractivity contribution in [3.8, 4) is 5.75 Å². The molecule has 0 unspecified atom stereocenters. The number of ether oxygens (including phenoxy) is 1. The molecule has 0 aliphatic heterocycles. The maximum absolute atomic E-state index is 13.4. The molecule has 0 aliphatic rings. The summed E-state index contributed by atoms with van der Waals surface area (Å²) in [5.74, 6) is -0.234. The van der Waals surface area contributed by atoms with E-state index in [2.05, 4.69) is 5.32 Å². The number of hydrogen-bond acceptors (Lipinski definition) is 5. The molecule has 0 aromatic heterocycles. The van der Waals surface area contributed by atoms with Gasteiger partial charge in [-0.05, 0) is 55.3 Å². The Morgan fingerprint density at radius 2 is 1.67 bits per heavy atom. The number of nitrogens with one attached hydrogen (secondary N) is 1. The van der Waals surface area contributed by atoms with Crippen molar-refractivity contribution in [3.05, 3.63) is 59.1 Å². The van der Waals surface area contributed by atoms with Crippen LogP contribution in [0.15, 0.2) is 48.5 Å². The van der Waals surface area contributed by atoms with Gasteiger partial charge in [-0.15, -0.1) is 0 Å². The van der Waals surface area contributed by atoms with Crippen molar-refractivity contribution >= 4 is 39.1 Å². The first-order chi connectivity index (χ1) is 15.6. The number of hydrogen-bond donors (Lipinski definition) is 1. The van der Waals surface area contributed by atoms with Crippen LogP contribution in [-0.2, 0) is 26.2 Å². The normalized spacial score (nSPS) is 12.0. The highest BCUT2D eigenvalue weighted by Gasteiger charge is 2.31. The third-order valence-corrected chi connectivity index (χ3v) is 6.41. The average molecular weight is 496 g/mol. The Labute approximate surface area is 200 Å². The van der Waals surface area contributed by atoms with Crippen LogP contribution in [0.5, 0.6) is 5.75 Å². The number of amides is 2. The van der Waals surface area contributed by atoms with Gasteiger partial charge in [-0.2, -0.15) is 0 Å². The third kappa shape index (κ3) is 7.36. The van der Waals surface area contributed by atoms with E-state index in [1.165, 1.54) is 11.9 Å². The summed E-state index contributed by atoms with van der Waals surface area (Å²) in [6.45, 7) is 3.80. The summed E-state index contributed by atoms with van der Waals surface area (Å²) >= 11 is 5.96. The molecule has 2 aromatic carbocycles. The molecule has 0 radical (unpaired) electrons. The van der Waals surface area contributed by atoms with Gasteiger partial charge in [-0.1, -0.05) is 30.7 Å². The largest absolute Gasteiger partial charge is 0.494 e. The van der Waals surface area contributed by atoms with E-state index in [1.807, 2.05) is 6.92 Å². The van der Waals surface area contributed by atoms with Gasteiger partial charge in [-0.25, -0.2) is 8.42 Å². The van der Waals surface area contributed by atoms with Crippen molar-refractivity contribution in [2.24, 2.45) is 0 Å². The lowest BCUT2D eigenvalue weighted by atomic mass is 10.1. The molecule has 2 aromatic rings. The van der Waals surface area contributed by atoms with Crippen LogP contribution < -0.4 is 14.4 Å². The molecule has 0 bridgehead atoms. The van der Waals surface area contributed by atoms with E-state index in [1.54, 1.807) is 55.5 Å². The second kappa shape index (κ2) is 11.9. The topological polar surface area (TPSA) is 96.0 Å². The lowest BCUT2D eigenvalue weighted by Crippen LogP contribution is -2.51.